The van der Waals surface area contributed by atoms with E-state index in [-0.39, 0.29) is 5.92 Å². The summed E-state index contributed by atoms with van der Waals surface area (Å²) < 4.78 is 17.7. The van der Waals surface area contributed by atoms with E-state index >= 15 is 0 Å². The highest BCUT2D eigenvalue weighted by atomic mass is 28.3. The summed E-state index contributed by atoms with van der Waals surface area (Å²) in [6.07, 6.45) is 1.64. The third-order valence-corrected chi connectivity index (χ3v) is 12.5. The predicted molar refractivity (Wildman–Crippen MR) is 125 cm³/mol. The van der Waals surface area contributed by atoms with E-state index in [1.54, 1.807) is 0 Å². The Morgan fingerprint density at radius 1 is 1.03 bits per heavy atom. The van der Waals surface area contributed by atoms with Gasteiger partial charge in [0.15, 0.2) is 0 Å². The molecule has 2 aliphatic heterocycles. The molecule has 0 unspecified atom stereocenters. The van der Waals surface area contributed by atoms with E-state index in [0.717, 1.165) is 12.8 Å². The lowest BCUT2D eigenvalue weighted by Crippen LogP contribution is -2.75. The smallest absolute Gasteiger partial charge is 0.339 e. The van der Waals surface area contributed by atoms with Crippen molar-refractivity contribution < 1.29 is 23.8 Å². The molecular weight excluding hydrogens is 420 g/mol. The molecule has 0 saturated carbocycles. The Morgan fingerprint density at radius 3 is 2.09 bits per heavy atom. The van der Waals surface area contributed by atoms with Gasteiger partial charge in [0.2, 0.25) is 0 Å². The third-order valence-electron chi connectivity index (χ3n) is 7.19. The molecule has 32 heavy (non-hydrogen) atoms. The van der Waals surface area contributed by atoms with Crippen molar-refractivity contribution in [2.24, 2.45) is 5.92 Å². The summed E-state index contributed by atoms with van der Waals surface area (Å²) in [4.78, 5) is 24.8. The summed E-state index contributed by atoms with van der Waals surface area (Å²) in [5.74, 6) is -0.422. The maximum atomic E-state index is 12.8. The molecule has 0 amide bonds. The number of hydrogen-bond donors (Lipinski definition) is 0. The monoisotopic (exact) mass is 450 g/mol. The second-order valence-electron chi connectivity index (χ2n) is 9.00. The molecule has 0 spiro atoms. The minimum Gasteiger partial charge on any atom is -0.465 e. The average Bonchev–Trinajstić information content (AvgIpc) is 2.81. The fourth-order valence-electron chi connectivity index (χ4n) is 5.40. The van der Waals surface area contributed by atoms with Crippen LogP contribution in [-0.2, 0) is 23.8 Å². The summed E-state index contributed by atoms with van der Waals surface area (Å²) in [6.45, 7) is 5.78. The standard InChI is InChI=1S/C26H30O5Si/c1-18-15-16-26(17-22(30-19(2)27)23(24(18)31-26)25(28)29-3)32(4,20-11-7-5-8-12-20)21-13-9-6-10-14-21/h5-14,18,24H,15-17H2,1-4H3/t18-,24-,26-/m1/s1. The molecule has 2 bridgehead atoms. The van der Waals surface area contributed by atoms with Gasteiger partial charge in [0.1, 0.15) is 19.4 Å². The molecule has 1 saturated heterocycles. The Morgan fingerprint density at radius 2 is 1.59 bits per heavy atom. The van der Waals surface area contributed by atoms with E-state index in [1.807, 2.05) is 12.1 Å². The van der Waals surface area contributed by atoms with Gasteiger partial charge in [-0.05, 0) is 18.8 Å². The first-order valence-corrected chi connectivity index (χ1v) is 13.6. The molecule has 1 fully saturated rings. The van der Waals surface area contributed by atoms with Crippen LogP contribution in [0.1, 0.15) is 33.1 Å². The molecule has 6 heteroatoms. The average molecular weight is 451 g/mol. The van der Waals surface area contributed by atoms with E-state index < -0.39 is 31.3 Å². The minimum absolute atomic E-state index is 0.105. The summed E-state index contributed by atoms with van der Waals surface area (Å²) in [7, 11) is -1.19. The Kier molecular flexibility index (Phi) is 6.10. The first-order valence-electron chi connectivity index (χ1n) is 11.1. The summed E-state index contributed by atoms with van der Waals surface area (Å²) >= 11 is 0. The van der Waals surface area contributed by atoms with E-state index in [2.05, 4.69) is 62.0 Å². The zero-order chi connectivity index (χ0) is 22.9. The maximum Gasteiger partial charge on any atom is 0.339 e. The van der Waals surface area contributed by atoms with Gasteiger partial charge in [-0.2, -0.15) is 0 Å². The van der Waals surface area contributed by atoms with Gasteiger partial charge in [-0.3, -0.25) is 4.79 Å². The zero-order valence-electron chi connectivity index (χ0n) is 19.1. The second-order valence-corrected chi connectivity index (χ2v) is 13.3. The van der Waals surface area contributed by atoms with E-state index in [9.17, 15) is 9.59 Å². The fourth-order valence-corrected chi connectivity index (χ4v) is 10.0. The Labute approximate surface area is 190 Å². The zero-order valence-corrected chi connectivity index (χ0v) is 20.1. The lowest BCUT2D eigenvalue weighted by atomic mass is 9.82. The first kappa shape index (κ1) is 22.5. The number of fused-ring (bicyclic) bond motifs is 2. The highest BCUT2D eigenvalue weighted by Crippen LogP contribution is 2.49. The Hall–Kier alpha value is -2.70. The topological polar surface area (TPSA) is 61.8 Å². The van der Waals surface area contributed by atoms with Crippen molar-refractivity contribution in [1.29, 1.82) is 0 Å². The molecule has 2 aromatic carbocycles. The second kappa shape index (κ2) is 8.68. The van der Waals surface area contributed by atoms with Crippen LogP contribution >= 0.6 is 0 Å². The number of hydrogen-bond acceptors (Lipinski definition) is 5. The van der Waals surface area contributed by atoms with E-state index in [1.165, 1.54) is 24.4 Å². The van der Waals surface area contributed by atoms with Crippen molar-refractivity contribution in [3.63, 3.8) is 0 Å². The Balaban J connectivity index is 1.95. The van der Waals surface area contributed by atoms with Crippen LogP contribution < -0.4 is 10.4 Å². The number of esters is 2. The molecule has 0 aliphatic carbocycles. The highest BCUT2D eigenvalue weighted by molar-refractivity contribution is 7.03. The number of rotatable bonds is 5. The SMILES string of the molecule is COC(=O)C1=C(OC(C)=O)C[C@]2([Si](C)(c3ccccc3)c3ccccc3)CC[C@@H](C)[C@H]1O2. The molecule has 4 rings (SSSR count). The van der Waals surface area contributed by atoms with Crippen LogP contribution in [-0.4, -0.2) is 38.5 Å². The van der Waals surface area contributed by atoms with Crippen LogP contribution in [0.25, 0.3) is 0 Å². The maximum absolute atomic E-state index is 12.8. The number of carbonyl (C=O) groups is 2. The molecule has 0 N–H and O–H groups in total. The van der Waals surface area contributed by atoms with E-state index in [0.29, 0.717) is 17.8 Å². The van der Waals surface area contributed by atoms with Gasteiger partial charge in [0.05, 0.1) is 18.4 Å². The normalized spacial score (nSPS) is 25.2. The minimum atomic E-state index is -2.54. The van der Waals surface area contributed by atoms with Crippen LogP contribution in [0.15, 0.2) is 72.0 Å². The van der Waals surface area contributed by atoms with Gasteiger partial charge in [-0.1, -0.05) is 84.5 Å². The van der Waals surface area contributed by atoms with Crippen LogP contribution in [0, 0.1) is 5.92 Å². The van der Waals surface area contributed by atoms with Crippen molar-refractivity contribution in [2.45, 2.75) is 51.0 Å². The molecule has 0 radical (unpaired) electrons. The highest BCUT2D eigenvalue weighted by Gasteiger charge is 2.60. The van der Waals surface area contributed by atoms with Crippen molar-refractivity contribution >= 4 is 30.4 Å². The molecule has 3 atom stereocenters. The van der Waals surface area contributed by atoms with E-state index in [4.69, 9.17) is 14.2 Å². The molecule has 2 aliphatic rings. The van der Waals surface area contributed by atoms with Crippen LogP contribution in [0.5, 0.6) is 0 Å². The lowest BCUT2D eigenvalue weighted by molar-refractivity contribution is -0.151. The first-order chi connectivity index (χ1) is 15.3. The summed E-state index contributed by atoms with van der Waals surface area (Å²) in [5.41, 5.74) is 0.350. The molecule has 5 nitrogen and oxygen atoms in total. The molecule has 2 aromatic rings. The van der Waals surface area contributed by atoms with Gasteiger partial charge in [0.25, 0.3) is 0 Å². The number of methoxy groups -OCH3 is 1. The number of benzene rings is 2. The van der Waals surface area contributed by atoms with Gasteiger partial charge in [-0.15, -0.1) is 0 Å². The quantitative estimate of drug-likeness (QED) is 0.516. The lowest BCUT2D eigenvalue weighted by Gasteiger charge is -2.56. The molecule has 168 valence electrons. The molecular formula is C26H30O5Si. The van der Waals surface area contributed by atoms with Crippen LogP contribution in [0.2, 0.25) is 6.55 Å². The van der Waals surface area contributed by atoms with Gasteiger partial charge in [-0.25, -0.2) is 4.79 Å². The van der Waals surface area contributed by atoms with Crippen molar-refractivity contribution in [3.8, 4) is 0 Å². The van der Waals surface area contributed by atoms with Gasteiger partial charge < -0.3 is 14.2 Å². The number of carbonyl (C=O) groups excluding carboxylic acids is 2. The summed E-state index contributed by atoms with van der Waals surface area (Å²) in [5, 5.41) is 1.95. The van der Waals surface area contributed by atoms with Crippen molar-refractivity contribution in [3.05, 3.63) is 72.0 Å². The largest absolute Gasteiger partial charge is 0.465 e. The summed E-state index contributed by atoms with van der Waals surface area (Å²) in [6, 6.07) is 21.0. The van der Waals surface area contributed by atoms with Gasteiger partial charge >= 0.3 is 11.9 Å². The molecule has 0 aromatic heterocycles. The van der Waals surface area contributed by atoms with Crippen LogP contribution in [0.3, 0.4) is 0 Å². The predicted octanol–water partition coefficient (Wildman–Crippen LogP) is 3.37. The fraction of sp³-hybridized carbons (Fsp3) is 0.385. The number of ether oxygens (including phenoxy) is 3. The molecule has 2 heterocycles. The van der Waals surface area contributed by atoms with Crippen molar-refractivity contribution in [2.75, 3.05) is 7.11 Å². The van der Waals surface area contributed by atoms with Gasteiger partial charge in [0, 0.05) is 13.3 Å². The van der Waals surface area contributed by atoms with Crippen molar-refractivity contribution in [1.82, 2.24) is 0 Å². The Bertz CT molecular complexity index is 993. The van der Waals surface area contributed by atoms with Crippen LogP contribution in [0.4, 0.5) is 0 Å². The third kappa shape index (κ3) is 3.61.